The second-order valence-electron chi connectivity index (χ2n) is 22.1. The van der Waals surface area contributed by atoms with E-state index in [1.54, 1.807) is 0 Å². The van der Waals surface area contributed by atoms with Gasteiger partial charge in [-0.05, 0) is 105 Å². The fraction of sp³-hybridized carbons (Fsp3) is 0.328. The van der Waals surface area contributed by atoms with Gasteiger partial charge in [-0.15, -0.1) is 6.07 Å². The van der Waals surface area contributed by atoms with Crippen LogP contribution in [0.4, 0.5) is 0 Å². The first-order chi connectivity index (χ1) is 31.0. The molecular weight excluding hydrogens is 994 g/mol. The number of pyridine rings is 2. The number of hydrogen-bond acceptors (Lipinski definition) is 5. The molecule has 0 bridgehead atoms. The fourth-order valence-corrected chi connectivity index (χ4v) is 13.5. The molecule has 1 fully saturated rings. The molecule has 5 aromatic heterocycles. The van der Waals surface area contributed by atoms with E-state index in [-0.39, 0.29) is 31.9 Å². The number of aromatic nitrogens is 5. The molecule has 1 unspecified atom stereocenters. The Morgan fingerprint density at radius 3 is 2.27 bits per heavy atom. The molecule has 0 radical (unpaired) electrons. The molecule has 334 valence electrons. The third-order valence-electron chi connectivity index (χ3n) is 15.4. The summed E-state index contributed by atoms with van der Waals surface area (Å²) >= 11 is 0. The first kappa shape index (κ1) is 42.8. The van der Waals surface area contributed by atoms with Crippen molar-refractivity contribution in [1.82, 2.24) is 23.9 Å². The predicted octanol–water partition coefficient (Wildman–Crippen LogP) is 15.0. The normalized spacial score (nSPS) is 18.7. The van der Waals surface area contributed by atoms with Crippen LogP contribution in [0.5, 0.6) is 11.6 Å². The minimum absolute atomic E-state index is 0. The molecule has 0 aliphatic heterocycles. The van der Waals surface area contributed by atoms with Gasteiger partial charge < -0.3 is 14.1 Å². The maximum atomic E-state index is 6.89. The molecule has 66 heavy (non-hydrogen) atoms. The van der Waals surface area contributed by atoms with Gasteiger partial charge in [0.2, 0.25) is 11.7 Å². The van der Waals surface area contributed by atoms with Crippen LogP contribution in [0, 0.1) is 48.6 Å². The summed E-state index contributed by atoms with van der Waals surface area (Å²) in [6, 6.07) is 40.7. The van der Waals surface area contributed by atoms with E-state index in [2.05, 4.69) is 163 Å². The van der Waals surface area contributed by atoms with E-state index in [0.29, 0.717) is 34.3 Å². The Kier molecular flexibility index (Phi) is 9.48. The van der Waals surface area contributed by atoms with Gasteiger partial charge in [-0.3, -0.25) is 8.97 Å². The molecule has 2 aliphatic rings. The third-order valence-corrected chi connectivity index (χ3v) is 15.4. The van der Waals surface area contributed by atoms with Gasteiger partial charge in [0.05, 0.1) is 22.1 Å². The van der Waals surface area contributed by atoms with Crippen molar-refractivity contribution in [3.63, 3.8) is 0 Å². The third kappa shape index (κ3) is 6.43. The van der Waals surface area contributed by atoms with Crippen LogP contribution in [0.25, 0.3) is 77.6 Å². The maximum absolute atomic E-state index is 6.89. The molecule has 0 N–H and O–H groups in total. The van der Waals surface area contributed by atoms with Crippen molar-refractivity contribution in [2.75, 3.05) is 0 Å². The van der Waals surface area contributed by atoms with Crippen molar-refractivity contribution in [1.29, 1.82) is 0 Å². The Bertz CT molecular complexity index is 3610. The zero-order valence-corrected chi connectivity index (χ0v) is 41.7. The summed E-state index contributed by atoms with van der Waals surface area (Å²) in [5.74, 6) is 2.80. The summed E-state index contributed by atoms with van der Waals surface area (Å²) < 4.78 is 18.0. The number of aryl methyl sites for hydroxylation is 2. The van der Waals surface area contributed by atoms with E-state index >= 15 is 0 Å². The van der Waals surface area contributed by atoms with E-state index in [9.17, 15) is 0 Å². The Hall–Kier alpha value is -5.78. The number of fused-ring (bicyclic) bond motifs is 11. The second-order valence-corrected chi connectivity index (χ2v) is 22.1. The zero-order chi connectivity index (χ0) is 44.9. The largest absolute Gasteiger partial charge is 2.00 e. The summed E-state index contributed by atoms with van der Waals surface area (Å²) in [4.78, 5) is 15.7. The van der Waals surface area contributed by atoms with Gasteiger partial charge in [-0.1, -0.05) is 147 Å². The minimum atomic E-state index is -0.0885. The van der Waals surface area contributed by atoms with Gasteiger partial charge in [0, 0.05) is 23.4 Å². The van der Waals surface area contributed by atoms with Crippen molar-refractivity contribution in [2.24, 2.45) is 22.7 Å². The van der Waals surface area contributed by atoms with Crippen molar-refractivity contribution in [3.05, 3.63) is 138 Å². The van der Waals surface area contributed by atoms with Crippen LogP contribution in [0.1, 0.15) is 96.9 Å². The monoisotopic (exact) mass is 1050 g/mol. The molecule has 1 atom stereocenters. The van der Waals surface area contributed by atoms with Crippen LogP contribution in [-0.4, -0.2) is 23.9 Å². The SMILES string of the molecule is Cc1c[c-]c(-n2c3nc(Oc4[c-]c(-c5cc6c(cn5)C(C)(C)C(C5CC(C)(C)CC(C)(C)C5)C6(C)C)c5oc6ccc7ccccc7c6c5c4)ccc3n3c4ccccc4nc23)cc1C.[Pt+2]. The number of furan rings is 1. The van der Waals surface area contributed by atoms with Crippen molar-refractivity contribution >= 4 is 60.7 Å². The zero-order valence-electron chi connectivity index (χ0n) is 39.5. The second kappa shape index (κ2) is 14.6. The molecule has 8 heteroatoms. The number of nitrogens with zero attached hydrogens (tertiary/aromatic N) is 5. The molecule has 5 heterocycles. The number of hydrogen-bond donors (Lipinski definition) is 0. The standard InChI is InChI=1S/C58H55N5O2.Pt/c1-33-19-21-37(25-34(33)2)62-53-47(63-46-18-14-13-17-44(46)60-54(62)63)22-24-49(61-53)64-38-26-40(51-41(27-38)50-39-16-12-11-15-35(39)20-23-48(50)65-51)45-28-42-43(31-59-45)58(9,10)52(57(42,7)8)36-29-55(3,4)32-56(5,6)30-36;/h11-20,22-25,27-28,31,36,52H,29-30,32H2,1-10H3;/q-2;+2. The molecule has 5 aromatic carbocycles. The number of imidazole rings is 2. The number of para-hydroxylation sites is 2. The smallest absolute Gasteiger partial charge is 0.501 e. The summed E-state index contributed by atoms with van der Waals surface area (Å²) in [7, 11) is 0. The molecule has 0 amide bonds. The average Bonchev–Trinajstić information content (AvgIpc) is 3.95. The molecule has 1 saturated carbocycles. The van der Waals surface area contributed by atoms with E-state index in [4.69, 9.17) is 24.1 Å². The van der Waals surface area contributed by atoms with E-state index in [0.717, 1.165) is 77.6 Å². The van der Waals surface area contributed by atoms with Crippen LogP contribution >= 0.6 is 0 Å². The van der Waals surface area contributed by atoms with Crippen LogP contribution in [0.15, 0.2) is 108 Å². The Balaban J connectivity index is 0.00000481. The van der Waals surface area contributed by atoms with E-state index < -0.39 is 0 Å². The molecule has 10 aromatic rings. The van der Waals surface area contributed by atoms with Crippen molar-refractivity contribution < 1.29 is 30.2 Å². The molecular formula is C58H55N5O2Pt. The van der Waals surface area contributed by atoms with Crippen LogP contribution in [-0.2, 0) is 31.9 Å². The number of benzene rings is 5. The maximum Gasteiger partial charge on any atom is 2.00 e. The molecule has 12 rings (SSSR count). The van der Waals surface area contributed by atoms with Crippen LogP contribution in [0.3, 0.4) is 0 Å². The van der Waals surface area contributed by atoms with Crippen molar-refractivity contribution in [3.8, 4) is 28.6 Å². The molecule has 7 nitrogen and oxygen atoms in total. The summed E-state index contributed by atoms with van der Waals surface area (Å²) in [5.41, 5.74) is 13.1. The Morgan fingerprint density at radius 2 is 1.48 bits per heavy atom. The van der Waals surface area contributed by atoms with Gasteiger partial charge in [-0.2, -0.15) is 28.2 Å². The van der Waals surface area contributed by atoms with Gasteiger partial charge >= 0.3 is 21.1 Å². The molecule has 2 aliphatic carbocycles. The summed E-state index contributed by atoms with van der Waals surface area (Å²) in [6.07, 6.45) is 5.89. The van der Waals surface area contributed by atoms with Crippen molar-refractivity contribution in [2.45, 2.75) is 99.3 Å². The average molecular weight is 1050 g/mol. The predicted molar refractivity (Wildman–Crippen MR) is 263 cm³/mol. The van der Waals surface area contributed by atoms with Gasteiger partial charge in [0.1, 0.15) is 5.58 Å². The Labute approximate surface area is 400 Å². The first-order valence-corrected chi connectivity index (χ1v) is 23.2. The Morgan fingerprint density at radius 1 is 0.742 bits per heavy atom. The molecule has 0 spiro atoms. The first-order valence-electron chi connectivity index (χ1n) is 23.2. The van der Waals surface area contributed by atoms with Gasteiger partial charge in [0.25, 0.3) is 0 Å². The number of rotatable bonds is 5. The quantitative estimate of drug-likeness (QED) is 0.161. The topological polar surface area (TPSA) is 70.4 Å². The van der Waals surface area contributed by atoms with Crippen LogP contribution in [0.2, 0.25) is 0 Å². The summed E-state index contributed by atoms with van der Waals surface area (Å²) in [5, 5.41) is 4.26. The summed E-state index contributed by atoms with van der Waals surface area (Å²) in [6.45, 7) is 24.0. The van der Waals surface area contributed by atoms with E-state index in [1.807, 2.05) is 30.3 Å². The number of ether oxygens (including phenoxy) is 1. The molecule has 0 saturated heterocycles. The van der Waals surface area contributed by atoms with Gasteiger partial charge in [-0.25, -0.2) is 4.98 Å². The minimum Gasteiger partial charge on any atom is -0.501 e. The fourth-order valence-electron chi connectivity index (χ4n) is 13.5. The van der Waals surface area contributed by atoms with Gasteiger partial charge in [0.15, 0.2) is 5.65 Å². The van der Waals surface area contributed by atoms with Crippen LogP contribution < -0.4 is 4.74 Å². The van der Waals surface area contributed by atoms with E-state index in [1.165, 1.54) is 41.5 Å².